The Kier molecular flexibility index (Phi) is 5.36. The van der Waals surface area contributed by atoms with Gasteiger partial charge in [0.2, 0.25) is 0 Å². The van der Waals surface area contributed by atoms with E-state index < -0.39 is 0 Å². The van der Waals surface area contributed by atoms with Crippen molar-refractivity contribution in [2.24, 2.45) is 5.92 Å². The zero-order valence-electron chi connectivity index (χ0n) is 17.3. The first-order valence-corrected chi connectivity index (χ1v) is 11.6. The van der Waals surface area contributed by atoms with E-state index in [1.165, 1.54) is 0 Å². The fraction of sp³-hybridized carbons (Fsp3) is 0.333. The lowest BCUT2D eigenvalue weighted by Crippen LogP contribution is -2.26. The first-order valence-electron chi connectivity index (χ1n) is 10.7. The second-order valence-corrected chi connectivity index (χ2v) is 9.10. The molecule has 7 heteroatoms. The highest BCUT2D eigenvalue weighted by Gasteiger charge is 2.41. The van der Waals surface area contributed by atoms with Crippen LogP contribution in [0, 0.1) is 5.92 Å². The van der Waals surface area contributed by atoms with Gasteiger partial charge in [0.1, 0.15) is 5.52 Å². The zero-order chi connectivity index (χ0) is 21.4. The van der Waals surface area contributed by atoms with Gasteiger partial charge in [0, 0.05) is 11.2 Å². The summed E-state index contributed by atoms with van der Waals surface area (Å²) >= 11 is 1.60. The molecule has 0 radical (unpaired) electrons. The molecule has 6 nitrogen and oxygen atoms in total. The number of hydrogen-bond donors (Lipinski definition) is 1. The Morgan fingerprint density at radius 3 is 2.58 bits per heavy atom. The number of amides is 1. The average Bonchev–Trinajstić information content (AvgIpc) is 3.15. The summed E-state index contributed by atoms with van der Waals surface area (Å²) in [5.41, 5.74) is 3.82. The van der Waals surface area contributed by atoms with Gasteiger partial charge in [0.15, 0.2) is 0 Å². The molecular weight excluding hydrogens is 410 g/mol. The van der Waals surface area contributed by atoms with Gasteiger partial charge < -0.3 is 10.1 Å². The summed E-state index contributed by atoms with van der Waals surface area (Å²) in [6, 6.07) is 13.0. The predicted molar refractivity (Wildman–Crippen MR) is 122 cm³/mol. The lowest BCUT2D eigenvalue weighted by molar-refractivity contribution is -0.139. The minimum Gasteiger partial charge on any atom is -0.463 e. The highest BCUT2D eigenvalue weighted by Crippen LogP contribution is 2.48. The van der Waals surface area contributed by atoms with Crippen LogP contribution in [0.15, 0.2) is 53.1 Å². The first-order chi connectivity index (χ1) is 15.2. The number of esters is 1. The van der Waals surface area contributed by atoms with E-state index >= 15 is 0 Å². The molecule has 1 N–H and O–H groups in total. The molecule has 5 rings (SSSR count). The maximum atomic E-state index is 13.3. The Bertz CT molecular complexity index is 1220. The number of fused-ring (bicyclic) bond motifs is 3. The third-order valence-corrected chi connectivity index (χ3v) is 7.35. The third-order valence-electron chi connectivity index (χ3n) is 5.92. The number of rotatable bonds is 4. The van der Waals surface area contributed by atoms with Gasteiger partial charge in [-0.25, -0.2) is 14.8 Å². The summed E-state index contributed by atoms with van der Waals surface area (Å²) in [5.74, 6) is -0.453. The van der Waals surface area contributed by atoms with Gasteiger partial charge in [0.05, 0.1) is 39.3 Å². The van der Waals surface area contributed by atoms with E-state index in [1.807, 2.05) is 36.4 Å². The number of nitrogens with zero attached hydrogens (tertiary/aromatic N) is 2. The summed E-state index contributed by atoms with van der Waals surface area (Å²) < 4.78 is 5.33. The molecule has 2 heterocycles. The highest BCUT2D eigenvalue weighted by atomic mass is 32.2. The Hall–Kier alpha value is -2.93. The van der Waals surface area contributed by atoms with Crippen molar-refractivity contribution in [1.29, 1.82) is 0 Å². The second kappa shape index (κ2) is 8.30. The molecule has 0 unspecified atom stereocenters. The maximum absolute atomic E-state index is 13.3. The molecule has 0 saturated heterocycles. The van der Waals surface area contributed by atoms with Crippen LogP contribution in [0.3, 0.4) is 0 Å². The van der Waals surface area contributed by atoms with Crippen molar-refractivity contribution < 1.29 is 14.3 Å². The quantitative estimate of drug-likeness (QED) is 0.479. The van der Waals surface area contributed by atoms with E-state index in [2.05, 4.69) is 10.3 Å². The summed E-state index contributed by atoms with van der Waals surface area (Å²) in [5, 5.41) is 3.97. The molecule has 1 aliphatic carbocycles. The molecule has 1 aliphatic heterocycles. The van der Waals surface area contributed by atoms with Crippen LogP contribution in [0.4, 0.5) is 0 Å². The van der Waals surface area contributed by atoms with E-state index in [1.54, 1.807) is 24.8 Å². The molecule has 1 fully saturated rings. The lowest BCUT2D eigenvalue weighted by atomic mass is 9.84. The monoisotopic (exact) mass is 433 g/mol. The van der Waals surface area contributed by atoms with Crippen molar-refractivity contribution in [2.45, 2.75) is 37.9 Å². The van der Waals surface area contributed by atoms with Crippen LogP contribution in [-0.2, 0) is 9.53 Å². The van der Waals surface area contributed by atoms with Gasteiger partial charge in [-0.1, -0.05) is 31.0 Å². The molecular formula is C24H23N3O3S. The number of ether oxygens (including phenoxy) is 1. The smallest absolute Gasteiger partial charge is 0.336 e. The van der Waals surface area contributed by atoms with Crippen molar-refractivity contribution in [3.63, 3.8) is 0 Å². The van der Waals surface area contributed by atoms with Gasteiger partial charge in [0.25, 0.3) is 5.91 Å². The number of benzene rings is 2. The summed E-state index contributed by atoms with van der Waals surface area (Å²) in [7, 11) is 0. The zero-order valence-corrected chi connectivity index (χ0v) is 18.1. The number of thioether (sulfide) groups is 1. The van der Waals surface area contributed by atoms with Crippen LogP contribution in [-0.4, -0.2) is 33.7 Å². The SMILES string of the molecule is CCOC(=O)C1=C(NC(=O)c2cccc3nc4ccccc4nc23)S[C@H]2CCCC[C@@H]12. The first kappa shape index (κ1) is 20.0. The fourth-order valence-electron chi connectivity index (χ4n) is 4.50. The molecule has 2 atom stereocenters. The fourth-order valence-corrected chi connectivity index (χ4v) is 6.03. The van der Waals surface area contributed by atoms with Crippen LogP contribution in [0.1, 0.15) is 43.0 Å². The Morgan fingerprint density at radius 2 is 1.77 bits per heavy atom. The third kappa shape index (κ3) is 3.67. The van der Waals surface area contributed by atoms with Gasteiger partial charge in [-0.15, -0.1) is 11.8 Å². The topological polar surface area (TPSA) is 81.2 Å². The Balaban J connectivity index is 1.52. The normalized spacial score (nSPS) is 20.7. The minimum absolute atomic E-state index is 0.143. The standard InChI is InChI=1S/C24H23N3O3S/c1-2-30-24(29)20-14-8-3-6-13-19(14)31-23(20)27-22(28)15-9-7-12-18-21(15)26-17-11-5-4-10-16(17)25-18/h4-5,7,9-12,14,19H,2-3,6,8,13H2,1H3,(H,27,28)/t14-,19+/m1/s1. The van der Waals surface area contributed by atoms with E-state index in [0.29, 0.717) is 39.1 Å². The summed E-state index contributed by atoms with van der Waals surface area (Å²) in [6.45, 7) is 2.12. The van der Waals surface area contributed by atoms with E-state index in [-0.39, 0.29) is 17.8 Å². The molecule has 2 aliphatic rings. The number of carbonyl (C=O) groups excluding carboxylic acids is 2. The number of carbonyl (C=O) groups is 2. The molecule has 1 saturated carbocycles. The van der Waals surface area contributed by atoms with Gasteiger partial charge in [-0.3, -0.25) is 4.79 Å². The number of nitrogens with one attached hydrogen (secondary N) is 1. The van der Waals surface area contributed by atoms with Crippen LogP contribution in [0.2, 0.25) is 0 Å². The molecule has 0 spiro atoms. The average molecular weight is 434 g/mol. The molecule has 1 amide bonds. The van der Waals surface area contributed by atoms with E-state index in [0.717, 1.165) is 36.7 Å². The molecule has 3 aromatic rings. The van der Waals surface area contributed by atoms with Gasteiger partial charge >= 0.3 is 5.97 Å². The summed E-state index contributed by atoms with van der Waals surface area (Å²) in [4.78, 5) is 35.4. The van der Waals surface area contributed by atoms with Crippen LogP contribution < -0.4 is 5.32 Å². The minimum atomic E-state index is -0.316. The molecule has 0 bridgehead atoms. The van der Waals surface area contributed by atoms with E-state index in [4.69, 9.17) is 9.72 Å². The lowest BCUT2D eigenvalue weighted by Gasteiger charge is -2.25. The number of para-hydroxylation sites is 3. The van der Waals surface area contributed by atoms with Crippen molar-refractivity contribution in [2.75, 3.05) is 6.61 Å². The molecule has 31 heavy (non-hydrogen) atoms. The van der Waals surface area contributed by atoms with E-state index in [9.17, 15) is 9.59 Å². The molecule has 1 aromatic heterocycles. The number of hydrogen-bond acceptors (Lipinski definition) is 6. The maximum Gasteiger partial charge on any atom is 0.336 e. The van der Waals surface area contributed by atoms with Gasteiger partial charge in [-0.05, 0) is 44.0 Å². The van der Waals surface area contributed by atoms with Crippen molar-refractivity contribution in [1.82, 2.24) is 15.3 Å². The highest BCUT2D eigenvalue weighted by molar-refractivity contribution is 8.04. The largest absolute Gasteiger partial charge is 0.463 e. The van der Waals surface area contributed by atoms with Crippen molar-refractivity contribution in [3.05, 3.63) is 58.6 Å². The van der Waals surface area contributed by atoms with Gasteiger partial charge in [-0.2, -0.15) is 0 Å². The van der Waals surface area contributed by atoms with Crippen LogP contribution >= 0.6 is 11.8 Å². The van der Waals surface area contributed by atoms with Crippen molar-refractivity contribution in [3.8, 4) is 0 Å². The Labute approximate surface area is 184 Å². The predicted octanol–water partition coefficient (Wildman–Crippen LogP) is 4.59. The van der Waals surface area contributed by atoms with Crippen LogP contribution in [0.25, 0.3) is 22.1 Å². The second-order valence-electron chi connectivity index (χ2n) is 7.85. The molecule has 158 valence electrons. The Morgan fingerprint density at radius 1 is 1.03 bits per heavy atom. The molecule has 2 aromatic carbocycles. The summed E-state index contributed by atoms with van der Waals surface area (Å²) in [6.07, 6.45) is 4.25. The van der Waals surface area contributed by atoms with Crippen molar-refractivity contribution >= 4 is 45.7 Å². The number of aromatic nitrogens is 2. The van der Waals surface area contributed by atoms with Crippen LogP contribution in [0.5, 0.6) is 0 Å².